The molecule has 3 heteroatoms. The van der Waals surface area contributed by atoms with Gasteiger partial charge < -0.3 is 5.73 Å². The van der Waals surface area contributed by atoms with Gasteiger partial charge in [0, 0.05) is 17.5 Å². The molecule has 3 nitrogen and oxygen atoms in total. The number of carbonyl (C=O) groups is 2. The smallest absolute Gasteiger partial charge is 0.248 e. The summed E-state index contributed by atoms with van der Waals surface area (Å²) in [5, 5.41) is 0. The van der Waals surface area contributed by atoms with Crippen molar-refractivity contribution in [2.24, 2.45) is 5.73 Å². The molecular formula is C15H13NO2. The fourth-order valence-corrected chi connectivity index (χ4v) is 1.75. The van der Waals surface area contributed by atoms with Crippen LogP contribution >= 0.6 is 0 Å². The number of primary amides is 1. The van der Waals surface area contributed by atoms with Crippen molar-refractivity contribution in [3.63, 3.8) is 0 Å². The van der Waals surface area contributed by atoms with E-state index in [1.165, 1.54) is 0 Å². The molecule has 2 aromatic carbocycles. The summed E-state index contributed by atoms with van der Waals surface area (Å²) in [5.74, 6) is -0.457. The summed E-state index contributed by atoms with van der Waals surface area (Å²) in [6.45, 7) is 0. The number of carbonyl (C=O) groups excluding carboxylic acids is 2. The molecule has 0 atom stereocenters. The Bertz CT molecular complexity index is 576. The van der Waals surface area contributed by atoms with Crippen molar-refractivity contribution in [3.05, 3.63) is 71.3 Å². The lowest BCUT2D eigenvalue weighted by Crippen LogP contribution is -2.11. The van der Waals surface area contributed by atoms with E-state index < -0.39 is 5.91 Å². The predicted molar refractivity (Wildman–Crippen MR) is 69.4 cm³/mol. The third-order valence-electron chi connectivity index (χ3n) is 2.67. The van der Waals surface area contributed by atoms with Crippen LogP contribution in [-0.2, 0) is 6.42 Å². The predicted octanol–water partition coefficient (Wildman–Crippen LogP) is 2.21. The average molecular weight is 239 g/mol. The molecule has 0 saturated heterocycles. The molecule has 0 aliphatic rings. The number of benzene rings is 2. The number of amides is 1. The fourth-order valence-electron chi connectivity index (χ4n) is 1.75. The summed E-state index contributed by atoms with van der Waals surface area (Å²) >= 11 is 0. The molecule has 90 valence electrons. The number of hydrogen-bond acceptors (Lipinski definition) is 2. The molecule has 0 saturated carbocycles. The molecule has 0 aliphatic heterocycles. The summed E-state index contributed by atoms with van der Waals surface area (Å²) in [6, 6.07) is 15.9. The third kappa shape index (κ3) is 2.83. The quantitative estimate of drug-likeness (QED) is 0.831. The van der Waals surface area contributed by atoms with Crippen LogP contribution in [0.25, 0.3) is 0 Å². The summed E-state index contributed by atoms with van der Waals surface area (Å²) in [7, 11) is 0. The molecule has 0 fully saturated rings. The topological polar surface area (TPSA) is 60.2 Å². The van der Waals surface area contributed by atoms with Crippen LogP contribution in [0.5, 0.6) is 0 Å². The maximum Gasteiger partial charge on any atom is 0.248 e. The van der Waals surface area contributed by atoms with Gasteiger partial charge in [0.2, 0.25) is 5.91 Å². The first-order valence-electron chi connectivity index (χ1n) is 5.64. The average Bonchev–Trinajstić information content (AvgIpc) is 2.40. The summed E-state index contributed by atoms with van der Waals surface area (Å²) in [4.78, 5) is 23.0. The molecule has 2 N–H and O–H groups in total. The number of nitrogens with two attached hydrogens (primary N) is 1. The second kappa shape index (κ2) is 5.27. The number of ketones is 1. The van der Waals surface area contributed by atoms with Gasteiger partial charge in [-0.3, -0.25) is 9.59 Å². The van der Waals surface area contributed by atoms with Gasteiger partial charge in [-0.05, 0) is 17.7 Å². The largest absolute Gasteiger partial charge is 0.366 e. The van der Waals surface area contributed by atoms with E-state index in [0.29, 0.717) is 11.1 Å². The Balaban J connectivity index is 2.17. The van der Waals surface area contributed by atoms with Crippen LogP contribution in [-0.4, -0.2) is 11.7 Å². The van der Waals surface area contributed by atoms with E-state index in [-0.39, 0.29) is 12.2 Å². The van der Waals surface area contributed by atoms with Crippen LogP contribution in [0.4, 0.5) is 0 Å². The Morgan fingerprint density at radius 1 is 0.889 bits per heavy atom. The second-order valence-electron chi connectivity index (χ2n) is 4.03. The van der Waals surface area contributed by atoms with E-state index in [4.69, 9.17) is 5.73 Å². The normalized spacial score (nSPS) is 10.0. The molecule has 2 rings (SSSR count). The van der Waals surface area contributed by atoms with Gasteiger partial charge in [-0.15, -0.1) is 0 Å². The zero-order chi connectivity index (χ0) is 13.0. The Morgan fingerprint density at radius 3 is 2.22 bits per heavy atom. The molecule has 1 amide bonds. The Kier molecular flexibility index (Phi) is 3.53. The highest BCUT2D eigenvalue weighted by molar-refractivity contribution is 5.98. The van der Waals surface area contributed by atoms with Crippen LogP contribution in [0.15, 0.2) is 54.6 Å². The summed E-state index contributed by atoms with van der Waals surface area (Å²) < 4.78 is 0. The van der Waals surface area contributed by atoms with Gasteiger partial charge in [0.05, 0.1) is 0 Å². The van der Waals surface area contributed by atoms with Crippen molar-refractivity contribution in [2.45, 2.75) is 6.42 Å². The molecule has 2 aromatic rings. The lowest BCUT2D eigenvalue weighted by molar-refractivity contribution is 0.0984. The highest BCUT2D eigenvalue weighted by Gasteiger charge is 2.08. The van der Waals surface area contributed by atoms with Crippen LogP contribution in [0.1, 0.15) is 26.3 Å². The van der Waals surface area contributed by atoms with Crippen LogP contribution in [0.2, 0.25) is 0 Å². The molecular weight excluding hydrogens is 226 g/mol. The van der Waals surface area contributed by atoms with E-state index in [1.807, 2.05) is 24.3 Å². The highest BCUT2D eigenvalue weighted by atomic mass is 16.1. The molecule has 0 spiro atoms. The van der Waals surface area contributed by atoms with Crippen molar-refractivity contribution in [1.82, 2.24) is 0 Å². The minimum Gasteiger partial charge on any atom is -0.366 e. The molecule has 0 aliphatic carbocycles. The van der Waals surface area contributed by atoms with Crippen molar-refractivity contribution in [2.75, 3.05) is 0 Å². The van der Waals surface area contributed by atoms with Crippen molar-refractivity contribution < 1.29 is 9.59 Å². The van der Waals surface area contributed by atoms with E-state index in [1.54, 1.807) is 30.3 Å². The van der Waals surface area contributed by atoms with E-state index in [9.17, 15) is 9.59 Å². The molecule has 0 radical (unpaired) electrons. The standard InChI is InChI=1S/C15H13NO2/c16-15(18)13-8-4-5-11(9-13)10-14(17)12-6-2-1-3-7-12/h1-9H,10H2,(H2,16,18). The zero-order valence-electron chi connectivity index (χ0n) is 9.80. The lowest BCUT2D eigenvalue weighted by Gasteiger charge is -2.03. The molecule has 18 heavy (non-hydrogen) atoms. The minimum absolute atomic E-state index is 0.0252. The second-order valence-corrected chi connectivity index (χ2v) is 4.03. The first-order chi connectivity index (χ1) is 8.66. The van der Waals surface area contributed by atoms with Gasteiger partial charge in [-0.2, -0.15) is 0 Å². The Labute approximate surface area is 105 Å². The Morgan fingerprint density at radius 2 is 1.56 bits per heavy atom. The van der Waals surface area contributed by atoms with Gasteiger partial charge in [-0.1, -0.05) is 42.5 Å². The van der Waals surface area contributed by atoms with Crippen LogP contribution in [0.3, 0.4) is 0 Å². The molecule has 0 aromatic heterocycles. The van der Waals surface area contributed by atoms with Gasteiger partial charge in [0.1, 0.15) is 0 Å². The van der Waals surface area contributed by atoms with E-state index >= 15 is 0 Å². The number of rotatable bonds is 4. The molecule has 0 heterocycles. The monoisotopic (exact) mass is 239 g/mol. The third-order valence-corrected chi connectivity index (χ3v) is 2.67. The molecule has 0 unspecified atom stereocenters. The fraction of sp³-hybridized carbons (Fsp3) is 0.0667. The Hall–Kier alpha value is -2.42. The highest BCUT2D eigenvalue weighted by Crippen LogP contribution is 2.09. The maximum absolute atomic E-state index is 12.0. The minimum atomic E-state index is -0.482. The van der Waals surface area contributed by atoms with Crippen molar-refractivity contribution in [1.29, 1.82) is 0 Å². The lowest BCUT2D eigenvalue weighted by atomic mass is 10.0. The zero-order valence-corrected chi connectivity index (χ0v) is 9.80. The summed E-state index contributed by atoms with van der Waals surface area (Å²) in [5.41, 5.74) is 7.09. The van der Waals surface area contributed by atoms with Gasteiger partial charge in [0.25, 0.3) is 0 Å². The van der Waals surface area contributed by atoms with Crippen molar-refractivity contribution >= 4 is 11.7 Å². The first-order valence-corrected chi connectivity index (χ1v) is 5.64. The van der Waals surface area contributed by atoms with Crippen LogP contribution in [0, 0.1) is 0 Å². The maximum atomic E-state index is 12.0. The first kappa shape index (κ1) is 12.0. The number of Topliss-reactive ketones (excluding diaryl/α,β-unsaturated/α-hetero) is 1. The molecule has 0 bridgehead atoms. The van der Waals surface area contributed by atoms with E-state index in [2.05, 4.69) is 0 Å². The van der Waals surface area contributed by atoms with E-state index in [0.717, 1.165) is 5.56 Å². The van der Waals surface area contributed by atoms with Crippen molar-refractivity contribution in [3.8, 4) is 0 Å². The van der Waals surface area contributed by atoms with Crippen LogP contribution < -0.4 is 5.73 Å². The van der Waals surface area contributed by atoms with Gasteiger partial charge in [-0.25, -0.2) is 0 Å². The van der Waals surface area contributed by atoms with Gasteiger partial charge >= 0.3 is 0 Å². The summed E-state index contributed by atoms with van der Waals surface area (Å²) in [6.07, 6.45) is 0.269. The SMILES string of the molecule is NC(=O)c1cccc(CC(=O)c2ccccc2)c1. The van der Waals surface area contributed by atoms with Gasteiger partial charge in [0.15, 0.2) is 5.78 Å². The number of hydrogen-bond donors (Lipinski definition) is 1.